The molecular weight excluding hydrogens is 545 g/mol. The summed E-state index contributed by atoms with van der Waals surface area (Å²) >= 11 is 1.71. The molecule has 8 rings (SSSR count). The summed E-state index contributed by atoms with van der Waals surface area (Å²) < 4.78 is 1.21. The normalized spacial score (nSPS) is 11.3. The summed E-state index contributed by atoms with van der Waals surface area (Å²) in [5.74, 6) is 0.719. The number of hydrogen-bond donors (Lipinski definition) is 0. The van der Waals surface area contributed by atoms with E-state index in [4.69, 9.17) is 15.0 Å². The van der Waals surface area contributed by atoms with Crippen molar-refractivity contribution in [3.63, 3.8) is 0 Å². The zero-order valence-electron chi connectivity index (χ0n) is 23.1. The largest absolute Gasteiger partial charge is 0.252 e. The van der Waals surface area contributed by atoms with Crippen molar-refractivity contribution >= 4 is 31.6 Å². The topological polar surface area (TPSA) is 51.6 Å². The highest BCUT2D eigenvalue weighted by atomic mass is 32.1. The molecule has 0 atom stereocenters. The molecule has 5 aromatic carbocycles. The Balaban J connectivity index is 1.24. The Morgan fingerprint density at radius 1 is 0.419 bits per heavy atom. The van der Waals surface area contributed by atoms with Crippen LogP contribution < -0.4 is 0 Å². The highest BCUT2D eigenvalue weighted by molar-refractivity contribution is 7.25. The predicted octanol–water partition coefficient (Wildman–Crippen LogP) is 9.97. The maximum Gasteiger partial charge on any atom is 0.161 e. The van der Waals surface area contributed by atoms with Crippen molar-refractivity contribution in [1.82, 2.24) is 19.9 Å². The monoisotopic (exact) mass is 568 g/mol. The van der Waals surface area contributed by atoms with E-state index in [-0.39, 0.29) is 0 Å². The molecule has 0 unspecified atom stereocenters. The van der Waals surface area contributed by atoms with Gasteiger partial charge in [0.2, 0.25) is 0 Å². The van der Waals surface area contributed by atoms with Crippen LogP contribution in [0.15, 0.2) is 146 Å². The van der Waals surface area contributed by atoms with Gasteiger partial charge in [-0.1, -0.05) is 115 Å². The molecule has 0 bridgehead atoms. The van der Waals surface area contributed by atoms with E-state index in [2.05, 4.69) is 114 Å². The van der Waals surface area contributed by atoms with Gasteiger partial charge in [-0.3, -0.25) is 9.97 Å². The number of benzene rings is 5. The molecule has 202 valence electrons. The van der Waals surface area contributed by atoms with Gasteiger partial charge in [0, 0.05) is 50.1 Å². The van der Waals surface area contributed by atoms with Gasteiger partial charge in [-0.05, 0) is 29.3 Å². The molecule has 0 saturated heterocycles. The number of rotatable bonds is 5. The van der Waals surface area contributed by atoms with Crippen molar-refractivity contribution in [2.45, 2.75) is 0 Å². The smallest absolute Gasteiger partial charge is 0.161 e. The Kier molecular flexibility index (Phi) is 6.28. The fourth-order valence-electron chi connectivity index (χ4n) is 5.60. The Bertz CT molecular complexity index is 2240. The van der Waals surface area contributed by atoms with Gasteiger partial charge >= 0.3 is 0 Å². The third-order valence-electron chi connectivity index (χ3n) is 7.62. The third kappa shape index (κ3) is 4.66. The summed E-state index contributed by atoms with van der Waals surface area (Å²) in [6.45, 7) is 0. The van der Waals surface area contributed by atoms with Crippen LogP contribution in [0.1, 0.15) is 0 Å². The first-order valence-corrected chi connectivity index (χ1v) is 15.0. The zero-order valence-corrected chi connectivity index (χ0v) is 23.9. The molecule has 0 amide bonds. The van der Waals surface area contributed by atoms with Crippen molar-refractivity contribution in [2.75, 3.05) is 0 Å². The molecule has 0 aliphatic heterocycles. The molecule has 0 spiro atoms. The van der Waals surface area contributed by atoms with Crippen molar-refractivity contribution in [2.24, 2.45) is 0 Å². The number of nitrogens with zero attached hydrogens (tertiary/aromatic N) is 4. The first-order valence-electron chi connectivity index (χ1n) is 14.1. The molecule has 0 N–H and O–H groups in total. The van der Waals surface area contributed by atoms with E-state index in [0.29, 0.717) is 0 Å². The van der Waals surface area contributed by atoms with E-state index < -0.39 is 0 Å². The molecule has 0 radical (unpaired) electrons. The lowest BCUT2D eigenvalue weighted by atomic mass is 9.98. The quantitative estimate of drug-likeness (QED) is 0.207. The first kappa shape index (κ1) is 25.2. The Labute approximate surface area is 253 Å². The summed E-state index contributed by atoms with van der Waals surface area (Å²) in [6.07, 6.45) is 3.50. The van der Waals surface area contributed by atoms with E-state index >= 15 is 0 Å². The second-order valence-corrected chi connectivity index (χ2v) is 11.4. The number of fused-ring (bicyclic) bond motifs is 3. The summed E-state index contributed by atoms with van der Waals surface area (Å²) in [4.78, 5) is 20.7. The van der Waals surface area contributed by atoms with E-state index in [1.165, 1.54) is 10.1 Å². The lowest BCUT2D eigenvalue weighted by Crippen LogP contribution is -1.94. The van der Waals surface area contributed by atoms with Crippen LogP contribution in [0, 0.1) is 0 Å². The average Bonchev–Trinajstić information content (AvgIpc) is 3.47. The maximum absolute atomic E-state index is 5.19. The molecule has 0 fully saturated rings. The van der Waals surface area contributed by atoms with Gasteiger partial charge in [-0.15, -0.1) is 11.3 Å². The van der Waals surface area contributed by atoms with Crippen molar-refractivity contribution < 1.29 is 0 Å². The molecule has 0 saturated carbocycles. The summed E-state index contributed by atoms with van der Waals surface area (Å²) in [5, 5.41) is 2.30. The molecule has 5 heteroatoms. The molecule has 8 aromatic rings. The van der Waals surface area contributed by atoms with Crippen LogP contribution in [0.2, 0.25) is 0 Å². The van der Waals surface area contributed by atoms with Crippen molar-refractivity contribution in [3.05, 3.63) is 146 Å². The SMILES string of the molecule is c1ccc(-c2nccnc2-c2cccc(-c3cccc(-c4nc(-c5ccccc5)c5c(n4)sc4ccccc45)c3)c2)cc1. The van der Waals surface area contributed by atoms with Gasteiger partial charge in [-0.2, -0.15) is 0 Å². The third-order valence-corrected chi connectivity index (χ3v) is 8.69. The molecular formula is C38H24N4S. The van der Waals surface area contributed by atoms with Crippen molar-refractivity contribution in [1.29, 1.82) is 0 Å². The van der Waals surface area contributed by atoms with Crippen LogP contribution in [0.5, 0.6) is 0 Å². The van der Waals surface area contributed by atoms with Gasteiger partial charge in [0.1, 0.15) is 4.83 Å². The fourth-order valence-corrected chi connectivity index (χ4v) is 6.67. The zero-order chi connectivity index (χ0) is 28.6. The highest BCUT2D eigenvalue weighted by Crippen LogP contribution is 2.40. The van der Waals surface area contributed by atoms with Crippen LogP contribution in [-0.2, 0) is 0 Å². The second kappa shape index (κ2) is 10.7. The molecule has 3 heterocycles. The maximum atomic E-state index is 5.19. The predicted molar refractivity (Wildman–Crippen MR) is 178 cm³/mol. The van der Waals surface area contributed by atoms with Gasteiger partial charge in [-0.25, -0.2) is 9.97 Å². The van der Waals surface area contributed by atoms with E-state index in [1.807, 2.05) is 24.3 Å². The Hall–Kier alpha value is -5.52. The number of hydrogen-bond acceptors (Lipinski definition) is 5. The second-order valence-electron chi connectivity index (χ2n) is 10.3. The number of thiophene rings is 1. The molecule has 0 aliphatic rings. The molecule has 43 heavy (non-hydrogen) atoms. The minimum atomic E-state index is 0.719. The van der Waals surface area contributed by atoms with Crippen LogP contribution in [0.3, 0.4) is 0 Å². The molecule has 0 aliphatic carbocycles. The van der Waals surface area contributed by atoms with Crippen LogP contribution in [-0.4, -0.2) is 19.9 Å². The average molecular weight is 569 g/mol. The Morgan fingerprint density at radius 3 is 1.67 bits per heavy atom. The van der Waals surface area contributed by atoms with E-state index in [1.54, 1.807) is 23.7 Å². The number of aromatic nitrogens is 4. The lowest BCUT2D eigenvalue weighted by Gasteiger charge is -2.11. The van der Waals surface area contributed by atoms with Gasteiger partial charge in [0.15, 0.2) is 5.82 Å². The first-order chi connectivity index (χ1) is 21.3. The summed E-state index contributed by atoms with van der Waals surface area (Å²) in [6, 6.07) is 46.0. The standard InChI is InChI=1S/C38H24N4S/c1-3-11-25(12-4-1)34-33-31-19-7-8-20-32(31)43-38(33)42-37(41-34)30-18-10-16-28(24-30)27-15-9-17-29(23-27)36-35(39-21-22-40-36)26-13-5-2-6-14-26/h1-24H. The van der Waals surface area contributed by atoms with Gasteiger partial charge in [0.05, 0.1) is 17.1 Å². The fraction of sp³-hybridized carbons (Fsp3) is 0. The van der Waals surface area contributed by atoms with E-state index in [9.17, 15) is 0 Å². The highest BCUT2D eigenvalue weighted by Gasteiger charge is 2.17. The minimum Gasteiger partial charge on any atom is -0.252 e. The van der Waals surface area contributed by atoms with Crippen molar-refractivity contribution in [3.8, 4) is 56.3 Å². The van der Waals surface area contributed by atoms with Crippen LogP contribution >= 0.6 is 11.3 Å². The van der Waals surface area contributed by atoms with Crippen LogP contribution in [0.4, 0.5) is 0 Å². The summed E-state index contributed by atoms with van der Waals surface area (Å²) in [7, 11) is 0. The molecule has 3 aromatic heterocycles. The molecule has 4 nitrogen and oxygen atoms in total. The minimum absolute atomic E-state index is 0.719. The van der Waals surface area contributed by atoms with Gasteiger partial charge in [0.25, 0.3) is 0 Å². The van der Waals surface area contributed by atoms with Gasteiger partial charge < -0.3 is 0 Å². The summed E-state index contributed by atoms with van der Waals surface area (Å²) in [5.41, 5.74) is 8.99. The van der Waals surface area contributed by atoms with E-state index in [0.717, 1.165) is 66.5 Å². The lowest BCUT2D eigenvalue weighted by molar-refractivity contribution is 1.21. The Morgan fingerprint density at radius 2 is 0.953 bits per heavy atom. The van der Waals surface area contributed by atoms with Crippen LogP contribution in [0.25, 0.3) is 76.6 Å².